The molecule has 6 nitrogen and oxygen atoms in total. The van der Waals surface area contributed by atoms with Crippen molar-refractivity contribution < 1.29 is 14.7 Å². The zero-order valence-corrected chi connectivity index (χ0v) is 11.3. The van der Waals surface area contributed by atoms with E-state index in [1.165, 1.54) is 16.7 Å². The van der Waals surface area contributed by atoms with Crippen LogP contribution < -0.4 is 10.6 Å². The van der Waals surface area contributed by atoms with Crippen molar-refractivity contribution in [1.82, 2.24) is 15.6 Å². The number of nitrogens with one attached hydrogen (secondary N) is 2. The predicted molar refractivity (Wildman–Crippen MR) is 72.2 cm³/mol. The van der Waals surface area contributed by atoms with Crippen LogP contribution >= 0.6 is 11.3 Å². The van der Waals surface area contributed by atoms with E-state index in [1.54, 1.807) is 6.92 Å². The molecule has 0 bridgehead atoms. The molecule has 2 amide bonds. The van der Waals surface area contributed by atoms with Crippen molar-refractivity contribution in [3.63, 3.8) is 0 Å². The van der Waals surface area contributed by atoms with Crippen molar-refractivity contribution in [3.8, 4) is 11.8 Å². The summed E-state index contributed by atoms with van der Waals surface area (Å²) in [7, 11) is 0. The van der Waals surface area contributed by atoms with Crippen LogP contribution in [0.4, 0.5) is 4.79 Å². The average Bonchev–Trinajstić information content (AvgIpc) is 2.84. The third-order valence-electron chi connectivity index (χ3n) is 2.11. The molecule has 3 N–H and O–H groups in total. The number of carbonyl (C=O) groups excluding carboxylic acids is 1. The Hall–Kier alpha value is -2.07. The summed E-state index contributed by atoms with van der Waals surface area (Å²) in [5, 5.41) is 16.2. The zero-order valence-electron chi connectivity index (χ0n) is 10.5. The second kappa shape index (κ2) is 8.11. The van der Waals surface area contributed by atoms with Crippen molar-refractivity contribution in [1.29, 1.82) is 0 Å². The Balaban J connectivity index is 2.19. The molecule has 0 radical (unpaired) electrons. The first kappa shape index (κ1) is 15.0. The minimum atomic E-state index is -1.04. The zero-order chi connectivity index (χ0) is 14.1. The van der Waals surface area contributed by atoms with Gasteiger partial charge in [-0.1, -0.05) is 0 Å². The molecule has 0 saturated heterocycles. The van der Waals surface area contributed by atoms with E-state index in [4.69, 9.17) is 5.11 Å². The van der Waals surface area contributed by atoms with E-state index < -0.39 is 5.97 Å². The van der Waals surface area contributed by atoms with E-state index in [2.05, 4.69) is 27.5 Å². The summed E-state index contributed by atoms with van der Waals surface area (Å²) in [6, 6.07) is -0.257. The van der Waals surface area contributed by atoms with Gasteiger partial charge in [0.2, 0.25) is 0 Å². The first-order valence-electron chi connectivity index (χ1n) is 5.72. The predicted octanol–water partition coefficient (Wildman–Crippen LogP) is 1.10. The Labute approximate surface area is 115 Å². The first-order valence-corrected chi connectivity index (χ1v) is 6.60. The molecule has 1 aromatic heterocycles. The van der Waals surface area contributed by atoms with E-state index in [-0.39, 0.29) is 11.7 Å². The Morgan fingerprint density at radius 3 is 2.79 bits per heavy atom. The third kappa shape index (κ3) is 5.88. The van der Waals surface area contributed by atoms with Gasteiger partial charge in [0.15, 0.2) is 5.69 Å². The number of aromatic carboxylic acids is 1. The van der Waals surface area contributed by atoms with Crippen LogP contribution in [0.1, 0.15) is 28.8 Å². The van der Waals surface area contributed by atoms with Gasteiger partial charge < -0.3 is 15.7 Å². The molecule has 19 heavy (non-hydrogen) atoms. The molecule has 0 unspecified atom stereocenters. The van der Waals surface area contributed by atoms with Crippen LogP contribution in [0, 0.1) is 11.8 Å². The van der Waals surface area contributed by atoms with Crippen LogP contribution in [0.5, 0.6) is 0 Å². The summed E-state index contributed by atoms with van der Waals surface area (Å²) in [6.07, 6.45) is 1.14. The van der Waals surface area contributed by atoms with Crippen LogP contribution in [-0.4, -0.2) is 35.2 Å². The molecule has 0 saturated carbocycles. The monoisotopic (exact) mass is 281 g/mol. The first-order chi connectivity index (χ1) is 9.13. The van der Waals surface area contributed by atoms with Gasteiger partial charge in [0.1, 0.15) is 0 Å². The van der Waals surface area contributed by atoms with Crippen LogP contribution in [0.3, 0.4) is 0 Å². The number of carbonyl (C=O) groups is 2. The maximum absolute atomic E-state index is 11.3. The van der Waals surface area contributed by atoms with E-state index in [9.17, 15) is 9.59 Å². The fourth-order valence-corrected chi connectivity index (χ4v) is 2.01. The fourth-order valence-electron chi connectivity index (χ4n) is 1.23. The van der Waals surface area contributed by atoms with Gasteiger partial charge in [-0.3, -0.25) is 0 Å². The van der Waals surface area contributed by atoms with E-state index in [1.807, 2.05) is 0 Å². The molecule has 0 aliphatic carbocycles. The molecule has 0 atom stereocenters. The van der Waals surface area contributed by atoms with Crippen LogP contribution in [-0.2, 0) is 6.42 Å². The molecular formula is C12H15N3O3S. The van der Waals surface area contributed by atoms with E-state index in [0.29, 0.717) is 30.9 Å². The summed E-state index contributed by atoms with van der Waals surface area (Å²) in [5.74, 6) is 4.55. The quantitative estimate of drug-likeness (QED) is 0.538. The number of rotatable bonds is 6. The lowest BCUT2D eigenvalue weighted by atomic mass is 10.4. The number of carboxylic acids is 1. The van der Waals surface area contributed by atoms with Gasteiger partial charge >= 0.3 is 12.0 Å². The second-order valence-corrected chi connectivity index (χ2v) is 4.48. The lowest BCUT2D eigenvalue weighted by Crippen LogP contribution is -2.37. The molecule has 1 aromatic rings. The van der Waals surface area contributed by atoms with Crippen molar-refractivity contribution in [3.05, 3.63) is 16.1 Å². The van der Waals surface area contributed by atoms with Crippen molar-refractivity contribution >= 4 is 23.3 Å². The molecule has 0 aliphatic rings. The number of nitrogens with zero attached hydrogens (tertiary/aromatic N) is 1. The minimum Gasteiger partial charge on any atom is -0.476 e. The maximum Gasteiger partial charge on any atom is 0.355 e. The second-order valence-electron chi connectivity index (χ2n) is 3.54. The highest BCUT2D eigenvalue weighted by molar-refractivity contribution is 7.09. The summed E-state index contributed by atoms with van der Waals surface area (Å²) >= 11 is 1.27. The fraction of sp³-hybridized carbons (Fsp3) is 0.417. The van der Waals surface area contributed by atoms with Crippen LogP contribution in [0.15, 0.2) is 5.38 Å². The highest BCUT2D eigenvalue weighted by atomic mass is 32.1. The lowest BCUT2D eigenvalue weighted by Gasteiger charge is -2.04. The third-order valence-corrected chi connectivity index (χ3v) is 3.02. The molecule has 1 rings (SSSR count). The van der Waals surface area contributed by atoms with Crippen molar-refractivity contribution in [2.45, 2.75) is 19.8 Å². The number of thiazole rings is 1. The van der Waals surface area contributed by atoms with Gasteiger partial charge in [0.25, 0.3) is 0 Å². The number of hydrogen-bond acceptors (Lipinski definition) is 4. The van der Waals surface area contributed by atoms with Gasteiger partial charge in [-0.15, -0.1) is 23.2 Å². The standard InChI is InChI=1S/C12H15N3O3S/c1-2-3-4-6-13-12(18)14-7-5-10-15-9(8-19-10)11(16)17/h8H,4-7H2,1H3,(H,16,17)(H2,13,14,18). The average molecular weight is 281 g/mol. The molecule has 102 valence electrons. The highest BCUT2D eigenvalue weighted by Crippen LogP contribution is 2.09. The number of hydrogen-bond donors (Lipinski definition) is 3. The molecule has 1 heterocycles. The van der Waals surface area contributed by atoms with E-state index >= 15 is 0 Å². The number of aromatic nitrogens is 1. The summed E-state index contributed by atoms with van der Waals surface area (Å²) in [5.41, 5.74) is 0.0441. The van der Waals surface area contributed by atoms with Gasteiger partial charge in [0.05, 0.1) is 5.01 Å². The Bertz CT molecular complexity index is 502. The highest BCUT2D eigenvalue weighted by Gasteiger charge is 2.08. The molecule has 0 aliphatic heterocycles. The minimum absolute atomic E-state index is 0.0441. The Kier molecular flexibility index (Phi) is 6.39. The maximum atomic E-state index is 11.3. The van der Waals surface area contributed by atoms with Gasteiger partial charge in [-0.25, -0.2) is 14.6 Å². The normalized spacial score (nSPS) is 9.32. The van der Waals surface area contributed by atoms with E-state index in [0.717, 1.165) is 0 Å². The number of urea groups is 1. The largest absolute Gasteiger partial charge is 0.476 e. The SMILES string of the molecule is CC#CCCNC(=O)NCCc1nc(C(=O)O)cs1. The molecule has 0 aromatic carbocycles. The topological polar surface area (TPSA) is 91.3 Å². The number of carboxylic acid groups (broad SMARTS) is 1. The summed E-state index contributed by atoms with van der Waals surface area (Å²) in [6.45, 7) is 2.67. The lowest BCUT2D eigenvalue weighted by molar-refractivity contribution is 0.0691. The smallest absolute Gasteiger partial charge is 0.355 e. The van der Waals surface area contributed by atoms with Crippen LogP contribution in [0.2, 0.25) is 0 Å². The van der Waals surface area contributed by atoms with Gasteiger partial charge in [0, 0.05) is 31.3 Å². The molecule has 0 fully saturated rings. The summed E-state index contributed by atoms with van der Waals surface area (Å²) < 4.78 is 0. The van der Waals surface area contributed by atoms with Crippen molar-refractivity contribution in [2.24, 2.45) is 0 Å². The van der Waals surface area contributed by atoms with Gasteiger partial charge in [-0.05, 0) is 6.92 Å². The van der Waals surface area contributed by atoms with Crippen LogP contribution in [0.25, 0.3) is 0 Å². The van der Waals surface area contributed by atoms with Gasteiger partial charge in [-0.2, -0.15) is 0 Å². The molecule has 0 spiro atoms. The Morgan fingerprint density at radius 1 is 1.42 bits per heavy atom. The Morgan fingerprint density at radius 2 is 2.16 bits per heavy atom. The number of amides is 2. The van der Waals surface area contributed by atoms with Crippen molar-refractivity contribution in [2.75, 3.05) is 13.1 Å². The molecule has 7 heteroatoms. The molecular weight excluding hydrogens is 266 g/mol. The summed E-state index contributed by atoms with van der Waals surface area (Å²) in [4.78, 5) is 25.9.